The SMILES string of the molecule is Cl.N#Cc1cc(S(=O)(=O)N2CCC(CN)C2)ccc1C(F)(F)F. The zero-order chi connectivity index (χ0) is 16.5. The number of alkyl halides is 3. The van der Waals surface area contributed by atoms with Gasteiger partial charge in [0.1, 0.15) is 0 Å². The highest BCUT2D eigenvalue weighted by Crippen LogP contribution is 2.33. The molecule has 1 aromatic carbocycles. The molecule has 1 fully saturated rings. The van der Waals surface area contributed by atoms with Crippen molar-refractivity contribution in [3.05, 3.63) is 29.3 Å². The van der Waals surface area contributed by atoms with Crippen molar-refractivity contribution in [2.75, 3.05) is 19.6 Å². The van der Waals surface area contributed by atoms with Crippen LogP contribution in [0.4, 0.5) is 13.2 Å². The van der Waals surface area contributed by atoms with Crippen LogP contribution in [0.1, 0.15) is 17.5 Å². The first-order valence-corrected chi connectivity index (χ1v) is 7.95. The van der Waals surface area contributed by atoms with Crippen LogP contribution in [0.2, 0.25) is 0 Å². The average molecular weight is 370 g/mol. The molecule has 1 aliphatic heterocycles. The van der Waals surface area contributed by atoms with Crippen molar-refractivity contribution in [1.29, 1.82) is 5.26 Å². The van der Waals surface area contributed by atoms with Gasteiger partial charge >= 0.3 is 6.18 Å². The van der Waals surface area contributed by atoms with Crippen LogP contribution in [0.5, 0.6) is 0 Å². The summed E-state index contributed by atoms with van der Waals surface area (Å²) < 4.78 is 64.2. The molecular weight excluding hydrogens is 355 g/mol. The number of rotatable bonds is 3. The highest BCUT2D eigenvalue weighted by molar-refractivity contribution is 7.89. The Morgan fingerprint density at radius 1 is 1.39 bits per heavy atom. The van der Waals surface area contributed by atoms with Crippen LogP contribution in [-0.4, -0.2) is 32.4 Å². The van der Waals surface area contributed by atoms with E-state index in [4.69, 9.17) is 11.0 Å². The second-order valence-corrected chi connectivity index (χ2v) is 7.01. The van der Waals surface area contributed by atoms with Crippen molar-refractivity contribution >= 4 is 22.4 Å². The lowest BCUT2D eigenvalue weighted by atomic mass is 10.1. The Labute approximate surface area is 138 Å². The molecular formula is C13H15ClF3N3O2S. The molecule has 1 unspecified atom stereocenters. The predicted octanol–water partition coefficient (Wildman–Crippen LogP) is 1.97. The van der Waals surface area contributed by atoms with E-state index in [9.17, 15) is 21.6 Å². The minimum atomic E-state index is -4.70. The number of nitrogens with two attached hydrogens (primary N) is 1. The first kappa shape index (κ1) is 19.7. The maximum atomic E-state index is 12.7. The van der Waals surface area contributed by atoms with Crippen LogP contribution in [0, 0.1) is 17.2 Å². The molecule has 1 aliphatic rings. The van der Waals surface area contributed by atoms with Gasteiger partial charge in [0.15, 0.2) is 0 Å². The summed E-state index contributed by atoms with van der Waals surface area (Å²) in [6.45, 7) is 0.858. The van der Waals surface area contributed by atoms with Gasteiger partial charge in [-0.3, -0.25) is 0 Å². The van der Waals surface area contributed by atoms with Crippen LogP contribution >= 0.6 is 12.4 Å². The number of hydrogen-bond donors (Lipinski definition) is 1. The van der Waals surface area contributed by atoms with Crippen LogP contribution < -0.4 is 5.73 Å². The van der Waals surface area contributed by atoms with Gasteiger partial charge < -0.3 is 5.73 Å². The van der Waals surface area contributed by atoms with Crippen molar-refractivity contribution < 1.29 is 21.6 Å². The second kappa shape index (κ2) is 7.05. The van der Waals surface area contributed by atoms with Crippen LogP contribution in [0.25, 0.3) is 0 Å². The number of sulfonamides is 1. The lowest BCUT2D eigenvalue weighted by molar-refractivity contribution is -0.137. The smallest absolute Gasteiger partial charge is 0.330 e. The molecule has 0 amide bonds. The van der Waals surface area contributed by atoms with E-state index in [1.54, 1.807) is 0 Å². The maximum absolute atomic E-state index is 12.7. The Morgan fingerprint density at radius 2 is 2.04 bits per heavy atom. The Balaban J connectivity index is 0.00000264. The summed E-state index contributed by atoms with van der Waals surface area (Å²) in [5, 5.41) is 8.84. The summed E-state index contributed by atoms with van der Waals surface area (Å²) in [6.07, 6.45) is -4.09. The molecule has 128 valence electrons. The van der Waals surface area contributed by atoms with Crippen LogP contribution in [0.15, 0.2) is 23.1 Å². The van der Waals surface area contributed by atoms with Crippen molar-refractivity contribution in [3.8, 4) is 6.07 Å². The van der Waals surface area contributed by atoms with E-state index in [0.717, 1.165) is 12.1 Å². The normalized spacial score (nSPS) is 19.2. The van der Waals surface area contributed by atoms with Crippen molar-refractivity contribution in [3.63, 3.8) is 0 Å². The van der Waals surface area contributed by atoms with Gasteiger partial charge in [-0.1, -0.05) is 0 Å². The Hall–Kier alpha value is -1.34. The van der Waals surface area contributed by atoms with Crippen molar-refractivity contribution in [2.24, 2.45) is 11.7 Å². The number of nitriles is 1. The van der Waals surface area contributed by atoms with E-state index in [1.807, 2.05) is 0 Å². The molecule has 10 heteroatoms. The molecule has 1 saturated heterocycles. The molecule has 1 aromatic rings. The van der Waals surface area contributed by atoms with Gasteiger partial charge in [0, 0.05) is 13.1 Å². The molecule has 0 spiro atoms. The summed E-state index contributed by atoms with van der Waals surface area (Å²) in [6, 6.07) is 3.68. The summed E-state index contributed by atoms with van der Waals surface area (Å²) in [4.78, 5) is -0.310. The fourth-order valence-electron chi connectivity index (χ4n) is 2.38. The largest absolute Gasteiger partial charge is 0.417 e. The lowest BCUT2D eigenvalue weighted by Crippen LogP contribution is -2.30. The summed E-state index contributed by atoms with van der Waals surface area (Å²) in [7, 11) is -3.92. The molecule has 2 N–H and O–H groups in total. The second-order valence-electron chi connectivity index (χ2n) is 5.07. The van der Waals surface area contributed by atoms with E-state index in [1.165, 1.54) is 10.4 Å². The monoisotopic (exact) mass is 369 g/mol. The standard InChI is InChI=1S/C13H14F3N3O2S.ClH/c14-13(15,16)12-2-1-11(5-10(12)7-18)22(20,21)19-4-3-9(6-17)8-19;/h1-2,5,9H,3-4,6,8,17H2;1H. The van der Waals surface area contributed by atoms with E-state index < -0.39 is 27.3 Å². The quantitative estimate of drug-likeness (QED) is 0.882. The van der Waals surface area contributed by atoms with E-state index >= 15 is 0 Å². The Morgan fingerprint density at radius 3 is 2.52 bits per heavy atom. The number of benzene rings is 1. The van der Waals surface area contributed by atoms with Crippen molar-refractivity contribution in [1.82, 2.24) is 4.31 Å². The number of nitrogens with zero attached hydrogens (tertiary/aromatic N) is 2. The summed E-state index contributed by atoms with van der Waals surface area (Å²) in [5.74, 6) is 0.0414. The molecule has 1 atom stereocenters. The third-order valence-corrected chi connectivity index (χ3v) is 5.50. The van der Waals surface area contributed by atoms with Crippen molar-refractivity contribution in [2.45, 2.75) is 17.5 Å². The predicted molar refractivity (Wildman–Crippen MR) is 79.3 cm³/mol. The highest BCUT2D eigenvalue weighted by Gasteiger charge is 2.36. The third kappa shape index (κ3) is 3.95. The van der Waals surface area contributed by atoms with Gasteiger partial charge in [-0.2, -0.15) is 22.7 Å². The molecule has 23 heavy (non-hydrogen) atoms. The Bertz CT molecular complexity index is 716. The van der Waals surface area contributed by atoms with Gasteiger partial charge in [0.05, 0.1) is 22.1 Å². The van der Waals surface area contributed by atoms with Gasteiger partial charge in [0.2, 0.25) is 10.0 Å². The first-order valence-electron chi connectivity index (χ1n) is 6.51. The summed E-state index contributed by atoms with van der Waals surface area (Å²) in [5.41, 5.74) is 3.65. The molecule has 0 bridgehead atoms. The molecule has 5 nitrogen and oxygen atoms in total. The van der Waals surface area contributed by atoms with Gasteiger partial charge in [-0.05, 0) is 37.1 Å². The minimum absolute atomic E-state index is 0. The maximum Gasteiger partial charge on any atom is 0.417 e. The molecule has 0 saturated carbocycles. The summed E-state index contributed by atoms with van der Waals surface area (Å²) >= 11 is 0. The van der Waals surface area contributed by atoms with Gasteiger partial charge in [0.25, 0.3) is 0 Å². The van der Waals surface area contributed by atoms with Crippen LogP contribution in [0.3, 0.4) is 0 Å². The van der Waals surface area contributed by atoms with E-state index in [2.05, 4.69) is 0 Å². The van der Waals surface area contributed by atoms with Gasteiger partial charge in [-0.15, -0.1) is 12.4 Å². The zero-order valence-corrected chi connectivity index (χ0v) is 13.5. The van der Waals surface area contributed by atoms with E-state index in [0.29, 0.717) is 19.0 Å². The highest BCUT2D eigenvalue weighted by atomic mass is 35.5. The lowest BCUT2D eigenvalue weighted by Gasteiger charge is -2.17. The third-order valence-electron chi connectivity index (χ3n) is 3.64. The topological polar surface area (TPSA) is 87.2 Å². The molecule has 0 aromatic heterocycles. The molecule has 0 radical (unpaired) electrons. The van der Waals surface area contributed by atoms with Crippen LogP contribution in [-0.2, 0) is 16.2 Å². The molecule has 2 rings (SSSR count). The van der Waals surface area contributed by atoms with Gasteiger partial charge in [-0.25, -0.2) is 8.42 Å². The molecule has 1 heterocycles. The average Bonchev–Trinajstić information content (AvgIpc) is 2.95. The molecule has 0 aliphatic carbocycles. The van der Waals surface area contributed by atoms with E-state index in [-0.39, 0.29) is 36.3 Å². The Kier molecular flexibility index (Phi) is 6.04. The minimum Gasteiger partial charge on any atom is -0.330 e. The first-order chi connectivity index (χ1) is 10.2. The number of halogens is 4. The zero-order valence-electron chi connectivity index (χ0n) is 11.9. The fraction of sp³-hybridized carbons (Fsp3) is 0.462. The fourth-order valence-corrected chi connectivity index (χ4v) is 3.94. The number of hydrogen-bond acceptors (Lipinski definition) is 4.